The maximum Gasteiger partial charge on any atom is 0.358 e. The molecule has 0 aliphatic heterocycles. The number of benzene rings is 2. The van der Waals surface area contributed by atoms with Gasteiger partial charge in [-0.05, 0) is 36.2 Å². The van der Waals surface area contributed by atoms with Gasteiger partial charge in [-0.15, -0.1) is 5.10 Å². The number of phenolic OH excluding ortho intramolecular Hbond substituents is 2. The number of hydrogen-bond donors (Lipinski definition) is 4. The van der Waals surface area contributed by atoms with E-state index in [2.05, 4.69) is 34.4 Å². The molecule has 34 heavy (non-hydrogen) atoms. The average Bonchev–Trinajstić information content (AvgIpc) is 3.24. The first kappa shape index (κ1) is 25.2. The molecule has 3 rings (SSSR count). The predicted octanol–water partition coefficient (Wildman–Crippen LogP) is 3.60. The number of carboxylic acid groups (broad SMARTS) is 1. The number of rotatable bonds is 11. The average molecular weight is 468 g/mol. The normalized spacial score (nSPS) is 11.5. The maximum atomic E-state index is 11.9. The van der Waals surface area contributed by atoms with Gasteiger partial charge in [0.25, 0.3) is 0 Å². The molecule has 0 saturated carbocycles. The summed E-state index contributed by atoms with van der Waals surface area (Å²) in [4.78, 5) is 14.2. The van der Waals surface area contributed by atoms with Gasteiger partial charge in [-0.1, -0.05) is 57.2 Å². The molecule has 0 fully saturated rings. The molecule has 0 atom stereocenters. The summed E-state index contributed by atoms with van der Waals surface area (Å²) >= 11 is 0. The zero-order chi connectivity index (χ0) is 24.8. The van der Waals surface area contributed by atoms with Crippen LogP contribution in [0.1, 0.15) is 55.2 Å². The molecule has 0 aliphatic rings. The molecule has 0 aliphatic carbocycles. The molecule has 4 N–H and O–H groups in total. The Bertz CT molecular complexity index is 1120. The molecular weight excluding hydrogens is 434 g/mol. The van der Waals surface area contributed by atoms with Crippen LogP contribution in [0.25, 0.3) is 16.9 Å². The van der Waals surface area contributed by atoms with Crippen molar-refractivity contribution in [1.29, 1.82) is 0 Å². The van der Waals surface area contributed by atoms with Crippen molar-refractivity contribution in [2.45, 2.75) is 40.2 Å². The summed E-state index contributed by atoms with van der Waals surface area (Å²) in [5.74, 6) is -1.49. The van der Waals surface area contributed by atoms with Gasteiger partial charge in [0.2, 0.25) is 0 Å². The van der Waals surface area contributed by atoms with E-state index >= 15 is 0 Å². The molecule has 0 bridgehead atoms. The summed E-state index contributed by atoms with van der Waals surface area (Å²) in [7, 11) is 0. The predicted molar refractivity (Wildman–Crippen MR) is 131 cm³/mol. The first-order chi connectivity index (χ1) is 16.3. The number of aromatic hydroxyl groups is 2. The third-order valence-electron chi connectivity index (χ3n) is 5.90. The van der Waals surface area contributed by atoms with Crippen LogP contribution in [0.3, 0.4) is 0 Å². The summed E-state index contributed by atoms with van der Waals surface area (Å²) in [5.41, 5.74) is 2.56. The first-order valence-corrected chi connectivity index (χ1v) is 11.5. The van der Waals surface area contributed by atoms with Gasteiger partial charge in [-0.25, -0.2) is 9.48 Å². The van der Waals surface area contributed by atoms with Gasteiger partial charge in [0.1, 0.15) is 22.9 Å². The second kappa shape index (κ2) is 11.1. The number of aromatic nitrogens is 3. The van der Waals surface area contributed by atoms with E-state index in [9.17, 15) is 20.1 Å². The Kier molecular flexibility index (Phi) is 8.25. The minimum Gasteiger partial charge on any atom is -0.508 e. The highest BCUT2D eigenvalue weighted by Gasteiger charge is 2.24. The summed E-state index contributed by atoms with van der Waals surface area (Å²) in [6.45, 7) is 12.7. The number of likely N-dealkylation sites (N-methyl/N-ethyl adjacent to an activating group) is 1. The zero-order valence-corrected chi connectivity index (χ0v) is 20.1. The fraction of sp³-hybridized carbons (Fsp3) is 0.400. The Labute approximate surface area is 199 Å². The molecule has 2 aromatic carbocycles. The Hall–Kier alpha value is -3.43. The Morgan fingerprint density at radius 2 is 1.76 bits per heavy atom. The second-order valence-corrected chi connectivity index (χ2v) is 8.46. The molecular formula is C25H33N5O4. The number of nitrogens with one attached hydrogen (secondary N) is 1. The zero-order valence-electron chi connectivity index (χ0n) is 20.1. The highest BCUT2D eigenvalue weighted by molar-refractivity contribution is 5.93. The van der Waals surface area contributed by atoms with E-state index in [4.69, 9.17) is 0 Å². The summed E-state index contributed by atoms with van der Waals surface area (Å²) in [5, 5.41) is 41.7. The largest absolute Gasteiger partial charge is 0.508 e. The third-order valence-corrected chi connectivity index (χ3v) is 5.90. The molecule has 0 spiro atoms. The molecule has 1 heterocycles. The lowest BCUT2D eigenvalue weighted by atomic mass is 10.0. The van der Waals surface area contributed by atoms with Crippen LogP contribution in [-0.2, 0) is 6.54 Å². The molecule has 182 valence electrons. The molecule has 0 amide bonds. The number of carbonyl (C=O) groups is 1. The lowest BCUT2D eigenvalue weighted by molar-refractivity contribution is 0.0691. The monoisotopic (exact) mass is 467 g/mol. The molecule has 1 aromatic heterocycles. The number of phenols is 2. The summed E-state index contributed by atoms with van der Waals surface area (Å²) in [6.07, 6.45) is 0. The Balaban J connectivity index is 1.90. The summed E-state index contributed by atoms with van der Waals surface area (Å²) in [6, 6.07) is 10.3. The molecule has 0 saturated heterocycles. The third kappa shape index (κ3) is 5.55. The van der Waals surface area contributed by atoms with E-state index in [1.54, 1.807) is 6.07 Å². The van der Waals surface area contributed by atoms with E-state index in [0.29, 0.717) is 17.7 Å². The van der Waals surface area contributed by atoms with Crippen LogP contribution >= 0.6 is 0 Å². The van der Waals surface area contributed by atoms with E-state index in [-0.39, 0.29) is 34.5 Å². The lowest BCUT2D eigenvalue weighted by Gasteiger charge is -2.18. The Morgan fingerprint density at radius 1 is 1.09 bits per heavy atom. The Morgan fingerprint density at radius 3 is 2.35 bits per heavy atom. The smallest absolute Gasteiger partial charge is 0.358 e. The molecule has 3 aromatic rings. The van der Waals surface area contributed by atoms with Gasteiger partial charge in [0.15, 0.2) is 5.69 Å². The van der Waals surface area contributed by atoms with Gasteiger partial charge in [0.05, 0.1) is 0 Å². The highest BCUT2D eigenvalue weighted by atomic mass is 16.4. The van der Waals surface area contributed by atoms with Crippen LogP contribution in [0.4, 0.5) is 0 Å². The van der Waals surface area contributed by atoms with Crippen LogP contribution in [0.2, 0.25) is 0 Å². The SMILES string of the molecule is CCN(CC)CCNCc1ccc(-c2c(C(=O)O)nnn2-c2cc(C(C)C)c(O)cc2O)cc1. The van der Waals surface area contributed by atoms with Crippen molar-refractivity contribution in [3.8, 4) is 28.4 Å². The summed E-state index contributed by atoms with van der Waals surface area (Å²) < 4.78 is 1.31. The van der Waals surface area contributed by atoms with Crippen LogP contribution in [0.5, 0.6) is 11.5 Å². The van der Waals surface area contributed by atoms with E-state index in [1.165, 1.54) is 10.7 Å². The number of nitrogens with zero attached hydrogens (tertiary/aromatic N) is 4. The van der Waals surface area contributed by atoms with Crippen molar-refractivity contribution in [3.05, 3.63) is 53.2 Å². The highest BCUT2D eigenvalue weighted by Crippen LogP contribution is 2.36. The quantitative estimate of drug-likeness (QED) is 0.315. The fourth-order valence-electron chi connectivity index (χ4n) is 3.86. The van der Waals surface area contributed by atoms with Crippen LogP contribution < -0.4 is 5.32 Å². The van der Waals surface area contributed by atoms with E-state index in [0.717, 1.165) is 31.7 Å². The second-order valence-electron chi connectivity index (χ2n) is 8.46. The van der Waals surface area contributed by atoms with Crippen molar-refractivity contribution >= 4 is 5.97 Å². The van der Waals surface area contributed by atoms with Crippen molar-refractivity contribution in [2.75, 3.05) is 26.2 Å². The van der Waals surface area contributed by atoms with Gasteiger partial charge in [-0.2, -0.15) is 0 Å². The molecule has 0 unspecified atom stereocenters. The van der Waals surface area contributed by atoms with Crippen LogP contribution in [-0.4, -0.2) is 67.4 Å². The first-order valence-electron chi connectivity index (χ1n) is 11.5. The topological polar surface area (TPSA) is 124 Å². The molecule has 0 radical (unpaired) electrons. The lowest BCUT2D eigenvalue weighted by Crippen LogP contribution is -2.31. The van der Waals surface area contributed by atoms with Gasteiger partial charge in [-0.3, -0.25) is 0 Å². The van der Waals surface area contributed by atoms with Crippen molar-refractivity contribution < 1.29 is 20.1 Å². The number of hydrogen-bond acceptors (Lipinski definition) is 7. The minimum atomic E-state index is -1.22. The van der Waals surface area contributed by atoms with Gasteiger partial charge >= 0.3 is 5.97 Å². The van der Waals surface area contributed by atoms with Crippen LogP contribution in [0, 0.1) is 0 Å². The van der Waals surface area contributed by atoms with Crippen LogP contribution in [0.15, 0.2) is 36.4 Å². The van der Waals surface area contributed by atoms with Crippen molar-refractivity contribution in [1.82, 2.24) is 25.2 Å². The minimum absolute atomic E-state index is 0.0150. The molecule has 9 nitrogen and oxygen atoms in total. The fourth-order valence-corrected chi connectivity index (χ4v) is 3.86. The maximum absolute atomic E-state index is 11.9. The van der Waals surface area contributed by atoms with Gasteiger partial charge < -0.3 is 25.5 Å². The van der Waals surface area contributed by atoms with Gasteiger partial charge in [0, 0.05) is 31.3 Å². The van der Waals surface area contributed by atoms with Crippen molar-refractivity contribution in [3.63, 3.8) is 0 Å². The number of carboxylic acids is 1. The van der Waals surface area contributed by atoms with E-state index < -0.39 is 5.97 Å². The van der Waals surface area contributed by atoms with Crippen molar-refractivity contribution in [2.24, 2.45) is 0 Å². The molecule has 9 heteroatoms. The number of aromatic carboxylic acids is 1. The standard InChI is InChI=1S/C25H33N5O4/c1-5-29(6-2)12-11-26-15-17-7-9-18(10-8-17)24-23(25(33)34)27-28-30(24)20-13-19(16(3)4)21(31)14-22(20)32/h7-10,13-14,16,26,31-32H,5-6,11-12,15H2,1-4H3,(H,33,34). The van der Waals surface area contributed by atoms with E-state index in [1.807, 2.05) is 38.1 Å².